The van der Waals surface area contributed by atoms with Crippen LogP contribution in [0.5, 0.6) is 0 Å². The Morgan fingerprint density at radius 3 is 2.44 bits per heavy atom. The number of hydrogen-bond acceptors (Lipinski definition) is 4. The van der Waals surface area contributed by atoms with Gasteiger partial charge in [0.15, 0.2) is 0 Å². The lowest BCUT2D eigenvalue weighted by molar-refractivity contribution is -0.162. The summed E-state index contributed by atoms with van der Waals surface area (Å²) in [5, 5.41) is 15.2. The van der Waals surface area contributed by atoms with Gasteiger partial charge in [-0.3, -0.25) is 14.5 Å². The second-order valence-electron chi connectivity index (χ2n) is 5.09. The molecule has 6 heteroatoms. The molecule has 18 heavy (non-hydrogen) atoms. The van der Waals surface area contributed by atoms with Crippen LogP contribution in [0.2, 0.25) is 0 Å². The lowest BCUT2D eigenvalue weighted by atomic mass is 9.68. The standard InChI is InChI=1S/C12H21N3O3/c16-10(12(11(17)18)2-1-3-12)14-6-9-15-7-4-13-5-8-15/h13H,1-9H2,(H,14,16)(H,17,18). The van der Waals surface area contributed by atoms with E-state index in [2.05, 4.69) is 15.5 Å². The molecule has 0 aromatic rings. The Labute approximate surface area is 107 Å². The van der Waals surface area contributed by atoms with Crippen LogP contribution < -0.4 is 10.6 Å². The molecule has 1 aliphatic carbocycles. The van der Waals surface area contributed by atoms with Gasteiger partial charge in [0.2, 0.25) is 5.91 Å². The second-order valence-corrected chi connectivity index (χ2v) is 5.09. The van der Waals surface area contributed by atoms with Gasteiger partial charge in [0, 0.05) is 39.3 Å². The second kappa shape index (κ2) is 5.67. The monoisotopic (exact) mass is 255 g/mol. The SMILES string of the molecule is O=C(O)C1(C(=O)NCCN2CCNCC2)CCC1. The molecular formula is C12H21N3O3. The van der Waals surface area contributed by atoms with E-state index in [-0.39, 0.29) is 5.91 Å². The molecule has 0 unspecified atom stereocenters. The van der Waals surface area contributed by atoms with Gasteiger partial charge >= 0.3 is 5.97 Å². The van der Waals surface area contributed by atoms with Crippen molar-refractivity contribution in [2.75, 3.05) is 39.3 Å². The number of nitrogens with one attached hydrogen (secondary N) is 2. The molecule has 1 amide bonds. The summed E-state index contributed by atoms with van der Waals surface area (Å²) in [5.74, 6) is -1.29. The number of carbonyl (C=O) groups is 2. The molecule has 1 saturated heterocycles. The fraction of sp³-hybridized carbons (Fsp3) is 0.833. The van der Waals surface area contributed by atoms with Gasteiger partial charge in [0.1, 0.15) is 5.41 Å². The van der Waals surface area contributed by atoms with Crippen LogP contribution in [0.25, 0.3) is 0 Å². The number of rotatable bonds is 5. The predicted octanol–water partition coefficient (Wildman–Crippen LogP) is -0.737. The Morgan fingerprint density at radius 2 is 1.94 bits per heavy atom. The van der Waals surface area contributed by atoms with Crippen LogP contribution in [0.15, 0.2) is 0 Å². The van der Waals surface area contributed by atoms with Gasteiger partial charge in [0.25, 0.3) is 0 Å². The quantitative estimate of drug-likeness (QED) is 0.564. The van der Waals surface area contributed by atoms with Crippen LogP contribution >= 0.6 is 0 Å². The molecule has 2 fully saturated rings. The highest BCUT2D eigenvalue weighted by Crippen LogP contribution is 2.41. The van der Waals surface area contributed by atoms with Crippen LogP contribution in [-0.2, 0) is 9.59 Å². The summed E-state index contributed by atoms with van der Waals surface area (Å²) in [6.07, 6.45) is 1.78. The van der Waals surface area contributed by atoms with Crippen molar-refractivity contribution in [1.82, 2.24) is 15.5 Å². The lowest BCUT2D eigenvalue weighted by Crippen LogP contribution is -2.53. The topological polar surface area (TPSA) is 81.7 Å². The number of aliphatic carboxylic acids is 1. The van der Waals surface area contributed by atoms with Crippen LogP contribution in [0, 0.1) is 5.41 Å². The van der Waals surface area contributed by atoms with Crippen molar-refractivity contribution in [3.8, 4) is 0 Å². The molecule has 102 valence electrons. The van der Waals surface area contributed by atoms with Crippen LogP contribution in [0.4, 0.5) is 0 Å². The molecule has 1 heterocycles. The van der Waals surface area contributed by atoms with E-state index in [0.717, 1.165) is 39.1 Å². The molecule has 0 aromatic heterocycles. The Morgan fingerprint density at radius 1 is 1.28 bits per heavy atom. The first-order valence-electron chi connectivity index (χ1n) is 6.60. The van der Waals surface area contributed by atoms with Crippen molar-refractivity contribution in [1.29, 1.82) is 0 Å². The smallest absolute Gasteiger partial charge is 0.319 e. The minimum atomic E-state index is -1.14. The molecule has 0 bridgehead atoms. The van der Waals surface area contributed by atoms with Gasteiger partial charge in [0.05, 0.1) is 0 Å². The summed E-state index contributed by atoms with van der Waals surface area (Å²) >= 11 is 0. The predicted molar refractivity (Wildman–Crippen MR) is 66.2 cm³/mol. The van der Waals surface area contributed by atoms with E-state index in [1.165, 1.54) is 0 Å². The van der Waals surface area contributed by atoms with Crippen molar-refractivity contribution in [3.63, 3.8) is 0 Å². The van der Waals surface area contributed by atoms with Crippen molar-refractivity contribution < 1.29 is 14.7 Å². The summed E-state index contributed by atoms with van der Waals surface area (Å²) in [7, 11) is 0. The summed E-state index contributed by atoms with van der Waals surface area (Å²) in [6.45, 7) is 5.26. The van der Waals surface area contributed by atoms with E-state index in [1.807, 2.05) is 0 Å². The molecule has 1 saturated carbocycles. The zero-order valence-corrected chi connectivity index (χ0v) is 10.6. The highest BCUT2D eigenvalue weighted by molar-refractivity contribution is 6.02. The average molecular weight is 255 g/mol. The minimum absolute atomic E-state index is 0.309. The maximum absolute atomic E-state index is 11.9. The number of nitrogens with zero attached hydrogens (tertiary/aromatic N) is 1. The van der Waals surface area contributed by atoms with Gasteiger partial charge in [-0.15, -0.1) is 0 Å². The van der Waals surface area contributed by atoms with E-state index in [9.17, 15) is 9.59 Å². The third-order valence-corrected chi connectivity index (χ3v) is 3.97. The summed E-state index contributed by atoms with van der Waals surface area (Å²) in [5.41, 5.74) is -1.14. The maximum Gasteiger partial charge on any atom is 0.319 e. The van der Waals surface area contributed by atoms with E-state index < -0.39 is 11.4 Å². The zero-order valence-electron chi connectivity index (χ0n) is 10.6. The molecule has 3 N–H and O–H groups in total. The van der Waals surface area contributed by atoms with Crippen LogP contribution in [-0.4, -0.2) is 61.2 Å². The maximum atomic E-state index is 11.9. The van der Waals surface area contributed by atoms with E-state index in [0.29, 0.717) is 19.4 Å². The fourth-order valence-electron chi connectivity index (χ4n) is 2.50. The first-order valence-corrected chi connectivity index (χ1v) is 6.60. The Bertz CT molecular complexity index is 323. The van der Waals surface area contributed by atoms with Crippen molar-refractivity contribution >= 4 is 11.9 Å². The molecule has 0 atom stereocenters. The minimum Gasteiger partial charge on any atom is -0.480 e. The number of carbonyl (C=O) groups excluding carboxylic acids is 1. The highest BCUT2D eigenvalue weighted by Gasteiger charge is 2.50. The molecule has 6 nitrogen and oxygen atoms in total. The van der Waals surface area contributed by atoms with Crippen molar-refractivity contribution in [3.05, 3.63) is 0 Å². The summed E-state index contributed by atoms with van der Waals surface area (Å²) < 4.78 is 0. The lowest BCUT2D eigenvalue weighted by Gasteiger charge is -2.36. The number of piperazine rings is 1. The number of hydrogen-bond donors (Lipinski definition) is 3. The first kappa shape index (κ1) is 13.3. The van der Waals surface area contributed by atoms with Gasteiger partial charge < -0.3 is 15.7 Å². The first-order chi connectivity index (χ1) is 8.65. The summed E-state index contributed by atoms with van der Waals surface area (Å²) in [6, 6.07) is 0. The molecule has 0 spiro atoms. The normalized spacial score (nSPS) is 23.1. The third-order valence-electron chi connectivity index (χ3n) is 3.97. The third kappa shape index (κ3) is 2.64. The number of amides is 1. The Hall–Kier alpha value is -1.14. The van der Waals surface area contributed by atoms with Gasteiger partial charge in [-0.25, -0.2) is 0 Å². The summed E-state index contributed by atoms with van der Waals surface area (Å²) in [4.78, 5) is 25.3. The van der Waals surface area contributed by atoms with E-state index in [1.54, 1.807) is 0 Å². The Balaban J connectivity index is 1.72. The molecule has 0 aromatic carbocycles. The molecule has 1 aliphatic heterocycles. The number of carboxylic acid groups (broad SMARTS) is 1. The van der Waals surface area contributed by atoms with Crippen molar-refractivity contribution in [2.24, 2.45) is 5.41 Å². The average Bonchev–Trinajstić information content (AvgIpc) is 2.28. The fourth-order valence-corrected chi connectivity index (χ4v) is 2.50. The van der Waals surface area contributed by atoms with E-state index in [4.69, 9.17) is 5.11 Å². The molecule has 2 rings (SSSR count). The zero-order chi connectivity index (χ0) is 13.0. The molecular weight excluding hydrogens is 234 g/mol. The van der Waals surface area contributed by atoms with Gasteiger partial charge in [-0.2, -0.15) is 0 Å². The largest absolute Gasteiger partial charge is 0.480 e. The van der Waals surface area contributed by atoms with Gasteiger partial charge in [-0.05, 0) is 12.8 Å². The molecule has 0 radical (unpaired) electrons. The van der Waals surface area contributed by atoms with Crippen molar-refractivity contribution in [2.45, 2.75) is 19.3 Å². The van der Waals surface area contributed by atoms with Gasteiger partial charge in [-0.1, -0.05) is 6.42 Å². The van der Waals surface area contributed by atoms with Crippen LogP contribution in [0.3, 0.4) is 0 Å². The Kier molecular flexibility index (Phi) is 4.19. The van der Waals surface area contributed by atoms with E-state index >= 15 is 0 Å². The molecule has 2 aliphatic rings. The highest BCUT2D eigenvalue weighted by atomic mass is 16.4. The van der Waals surface area contributed by atoms with Crippen LogP contribution in [0.1, 0.15) is 19.3 Å². The number of carboxylic acids is 1.